The normalized spacial score (nSPS) is 23.0. The first-order valence-corrected chi connectivity index (χ1v) is 18.9. The summed E-state index contributed by atoms with van der Waals surface area (Å²) in [4.78, 5) is 67.4. The van der Waals surface area contributed by atoms with Gasteiger partial charge in [-0.05, 0) is 79.4 Å². The Hall–Kier alpha value is -5.96. The van der Waals surface area contributed by atoms with Crippen molar-refractivity contribution in [2.75, 3.05) is 62.6 Å². The first kappa shape index (κ1) is 36.0. The summed E-state index contributed by atoms with van der Waals surface area (Å²) in [6, 6.07) is 16.7. The van der Waals surface area contributed by atoms with Crippen LogP contribution in [0.25, 0.3) is 0 Å². The molecule has 0 aliphatic carbocycles. The summed E-state index contributed by atoms with van der Waals surface area (Å²) in [5.41, 5.74) is 3.03. The molecule has 3 aromatic rings. The molecule has 0 radical (unpaired) electrons. The van der Waals surface area contributed by atoms with Gasteiger partial charge in [-0.25, -0.2) is 9.37 Å². The van der Waals surface area contributed by atoms with E-state index in [2.05, 4.69) is 30.7 Å². The van der Waals surface area contributed by atoms with Crippen molar-refractivity contribution in [2.24, 2.45) is 4.99 Å². The van der Waals surface area contributed by atoms with Crippen molar-refractivity contribution in [2.45, 2.75) is 43.8 Å². The van der Waals surface area contributed by atoms with Crippen molar-refractivity contribution in [1.82, 2.24) is 30.3 Å². The molecule has 4 N–H and O–H groups in total. The van der Waals surface area contributed by atoms with E-state index in [0.717, 1.165) is 74.1 Å². The van der Waals surface area contributed by atoms with E-state index < -0.39 is 29.7 Å². The number of anilines is 2. The van der Waals surface area contributed by atoms with Gasteiger partial charge in [-0.2, -0.15) is 0 Å². The van der Waals surface area contributed by atoms with Gasteiger partial charge in [0.25, 0.3) is 11.8 Å². The van der Waals surface area contributed by atoms with Gasteiger partial charge in [-0.1, -0.05) is 18.2 Å². The Morgan fingerprint density at radius 1 is 0.927 bits per heavy atom. The van der Waals surface area contributed by atoms with E-state index in [-0.39, 0.29) is 41.9 Å². The third kappa shape index (κ3) is 7.56. The molecule has 5 aliphatic rings. The van der Waals surface area contributed by atoms with Crippen molar-refractivity contribution < 1.29 is 23.6 Å². The maximum Gasteiger partial charge on any atom is 0.262 e. The number of piperidine rings is 1. The lowest BCUT2D eigenvalue weighted by atomic mass is 10.0. The maximum absolute atomic E-state index is 13.9. The predicted octanol–water partition coefficient (Wildman–Crippen LogP) is 3.27. The molecule has 2 aromatic carbocycles. The van der Waals surface area contributed by atoms with Crippen LogP contribution >= 0.6 is 0 Å². The van der Waals surface area contributed by atoms with Gasteiger partial charge in [0, 0.05) is 57.9 Å². The highest BCUT2D eigenvalue weighted by Gasteiger charge is 2.44. The van der Waals surface area contributed by atoms with Crippen LogP contribution < -0.4 is 20.9 Å². The third-order valence-electron chi connectivity index (χ3n) is 11.0. The molecule has 15 heteroatoms. The standard InChI is InChI=1S/C40H43FN10O4/c41-26-5-1-4-25(22-26)32-7-3-16-50(32)34(42)12-13-35-44-24-31(45-35)30-6-2-8-36(46-30)49-20-18-48(19-21-49)17-15-43-27-9-10-28-29(23-27)40(55)51(39(28)54)33-11-14-37(52)47-38(33)53/h1-2,4-6,8-10,12-13,22-23,31-33,42-43H,3,7,11,14-21,24H2,(H,44,45)(H,47,52,53)/b13-12-,42-34?/t31?,32-,33?/m1/s1. The molecule has 4 amide bonds. The van der Waals surface area contributed by atoms with Crippen molar-refractivity contribution in [3.8, 4) is 0 Å². The number of piperazine rings is 1. The number of fused-ring (bicyclic) bond motifs is 1. The maximum atomic E-state index is 13.9. The average molecular weight is 747 g/mol. The second-order valence-electron chi connectivity index (χ2n) is 14.4. The van der Waals surface area contributed by atoms with Gasteiger partial charge in [-0.15, -0.1) is 0 Å². The SMILES string of the molecule is N=C(/C=C\C1=NCC(c2cccc(N3CCN(CCNc4ccc5c(c4)C(=O)N(C4CCC(=O)NC4=O)C5=O)CC3)n2)N1)N1CCC[C@@H]1c1cccc(F)c1. The minimum absolute atomic E-state index is 0.00919. The van der Waals surface area contributed by atoms with Crippen LogP contribution in [0.1, 0.15) is 69.7 Å². The second-order valence-corrected chi connectivity index (χ2v) is 14.4. The number of pyridine rings is 1. The molecular weight excluding hydrogens is 704 g/mol. The molecule has 3 fully saturated rings. The molecule has 0 bridgehead atoms. The Bertz CT molecular complexity index is 2100. The topological polar surface area (TPSA) is 166 Å². The monoisotopic (exact) mass is 746 g/mol. The first-order chi connectivity index (χ1) is 26.7. The van der Waals surface area contributed by atoms with Crippen molar-refractivity contribution in [3.05, 3.63) is 101 Å². The molecule has 8 rings (SSSR count). The molecule has 0 spiro atoms. The van der Waals surface area contributed by atoms with E-state index in [1.165, 1.54) is 6.07 Å². The number of aromatic nitrogens is 1. The lowest BCUT2D eigenvalue weighted by molar-refractivity contribution is -0.136. The lowest BCUT2D eigenvalue weighted by Gasteiger charge is -2.35. The van der Waals surface area contributed by atoms with Crippen LogP contribution in [0.2, 0.25) is 0 Å². The summed E-state index contributed by atoms with van der Waals surface area (Å²) in [6.45, 7) is 6.08. The Morgan fingerprint density at radius 2 is 1.75 bits per heavy atom. The molecule has 3 saturated heterocycles. The number of carbonyl (C=O) groups excluding carboxylic acids is 4. The fraction of sp³-hybridized carbons (Fsp3) is 0.375. The summed E-state index contributed by atoms with van der Waals surface area (Å²) >= 11 is 0. The number of likely N-dealkylation sites (tertiary alicyclic amines) is 1. The van der Waals surface area contributed by atoms with Crippen LogP contribution in [-0.2, 0) is 9.59 Å². The molecule has 284 valence electrons. The number of nitrogens with one attached hydrogen (secondary N) is 4. The van der Waals surface area contributed by atoms with Crippen LogP contribution in [0.3, 0.4) is 0 Å². The van der Waals surface area contributed by atoms with E-state index in [0.29, 0.717) is 30.4 Å². The van der Waals surface area contributed by atoms with Crippen molar-refractivity contribution in [3.63, 3.8) is 0 Å². The number of hydrogen-bond donors (Lipinski definition) is 4. The van der Waals surface area contributed by atoms with Crippen molar-refractivity contribution in [1.29, 1.82) is 5.41 Å². The summed E-state index contributed by atoms with van der Waals surface area (Å²) in [6.07, 6.45) is 5.64. The van der Waals surface area contributed by atoms with Gasteiger partial charge >= 0.3 is 0 Å². The molecule has 55 heavy (non-hydrogen) atoms. The third-order valence-corrected chi connectivity index (χ3v) is 11.0. The highest BCUT2D eigenvalue weighted by molar-refractivity contribution is 6.23. The molecule has 0 saturated carbocycles. The average Bonchev–Trinajstić information content (AvgIpc) is 3.94. The first-order valence-electron chi connectivity index (χ1n) is 18.9. The minimum atomic E-state index is -0.987. The quantitative estimate of drug-likeness (QED) is 0.138. The van der Waals surface area contributed by atoms with E-state index in [1.54, 1.807) is 36.4 Å². The lowest BCUT2D eigenvalue weighted by Crippen LogP contribution is -2.54. The van der Waals surface area contributed by atoms with Gasteiger partial charge in [-0.3, -0.25) is 44.7 Å². The zero-order chi connectivity index (χ0) is 38.1. The largest absolute Gasteiger partial charge is 0.384 e. The molecule has 2 unspecified atom stereocenters. The number of nitrogens with zero attached hydrogens (tertiary/aromatic N) is 6. The van der Waals surface area contributed by atoms with Gasteiger partial charge in [0.1, 0.15) is 29.3 Å². The van der Waals surface area contributed by atoms with E-state index in [9.17, 15) is 23.6 Å². The number of rotatable bonds is 10. The Balaban J connectivity index is 0.792. The predicted molar refractivity (Wildman–Crippen MR) is 205 cm³/mol. The molecule has 3 atom stereocenters. The second kappa shape index (κ2) is 15.4. The zero-order valence-corrected chi connectivity index (χ0v) is 30.3. The molecule has 5 aliphatic heterocycles. The fourth-order valence-electron chi connectivity index (χ4n) is 8.05. The number of hydrogen-bond acceptors (Lipinski definition) is 11. The number of benzene rings is 2. The van der Waals surface area contributed by atoms with Gasteiger partial charge in [0.2, 0.25) is 11.8 Å². The zero-order valence-electron chi connectivity index (χ0n) is 30.3. The number of carbonyl (C=O) groups is 4. The van der Waals surface area contributed by atoms with Gasteiger partial charge in [0.05, 0.1) is 35.4 Å². The Kier molecular flexibility index (Phi) is 10.1. The van der Waals surface area contributed by atoms with E-state index >= 15 is 0 Å². The van der Waals surface area contributed by atoms with Crippen LogP contribution in [0.15, 0.2) is 77.8 Å². The van der Waals surface area contributed by atoms with Crippen LogP contribution in [0.4, 0.5) is 15.9 Å². The minimum Gasteiger partial charge on any atom is -0.384 e. The highest BCUT2D eigenvalue weighted by Crippen LogP contribution is 2.33. The summed E-state index contributed by atoms with van der Waals surface area (Å²) < 4.78 is 13.9. The highest BCUT2D eigenvalue weighted by atomic mass is 19.1. The van der Waals surface area contributed by atoms with Gasteiger partial charge < -0.3 is 20.4 Å². The van der Waals surface area contributed by atoms with Crippen molar-refractivity contribution >= 4 is 46.8 Å². The van der Waals surface area contributed by atoms with Crippen LogP contribution in [-0.4, -0.2) is 113 Å². The Morgan fingerprint density at radius 3 is 2.56 bits per heavy atom. The smallest absolute Gasteiger partial charge is 0.262 e. The van der Waals surface area contributed by atoms with Crippen LogP contribution in [0.5, 0.6) is 0 Å². The number of amidine groups is 2. The van der Waals surface area contributed by atoms with Gasteiger partial charge in [0.15, 0.2) is 0 Å². The fourth-order valence-corrected chi connectivity index (χ4v) is 8.05. The molecule has 1 aromatic heterocycles. The van der Waals surface area contributed by atoms with E-state index in [1.807, 2.05) is 35.2 Å². The number of aliphatic imine (C=N–C) groups is 1. The molecule has 6 heterocycles. The molecule has 14 nitrogen and oxygen atoms in total. The van der Waals surface area contributed by atoms with E-state index in [4.69, 9.17) is 10.4 Å². The number of imide groups is 2. The summed E-state index contributed by atoms with van der Waals surface area (Å²) in [7, 11) is 0. The Labute approximate surface area is 318 Å². The van der Waals surface area contributed by atoms with Crippen LogP contribution in [0, 0.1) is 11.2 Å². The number of amides is 4. The molecular formula is C40H43FN10O4. The summed E-state index contributed by atoms with van der Waals surface area (Å²) in [5, 5.41) is 17.8. The number of halogens is 1. The summed E-state index contributed by atoms with van der Waals surface area (Å²) in [5.74, 6) is -0.311.